The van der Waals surface area contributed by atoms with Gasteiger partial charge in [-0.25, -0.2) is 9.78 Å². The summed E-state index contributed by atoms with van der Waals surface area (Å²) in [4.78, 5) is 24.6. The number of rotatable bonds is 6. The summed E-state index contributed by atoms with van der Waals surface area (Å²) >= 11 is 7.02. The molecule has 44 heavy (non-hydrogen) atoms. The zero-order chi connectivity index (χ0) is 32.0. The molecule has 1 aromatic carbocycles. The van der Waals surface area contributed by atoms with Crippen LogP contribution in [0.1, 0.15) is 62.9 Å². The summed E-state index contributed by atoms with van der Waals surface area (Å²) in [6, 6.07) is 7.20. The van der Waals surface area contributed by atoms with Crippen LogP contribution in [0.5, 0.6) is 5.88 Å². The topological polar surface area (TPSA) is 88.0 Å². The number of hydrogen-bond donors (Lipinski definition) is 1. The highest BCUT2D eigenvalue weighted by atomic mass is 35.5. The zero-order valence-electron chi connectivity index (χ0n) is 25.5. The van der Waals surface area contributed by atoms with Gasteiger partial charge in [-0.3, -0.25) is 9.88 Å². The lowest BCUT2D eigenvalue weighted by atomic mass is 9.72. The number of amides is 1. The fourth-order valence-electron chi connectivity index (χ4n) is 5.91. The highest BCUT2D eigenvalue weighted by molar-refractivity contribution is 6.36. The van der Waals surface area contributed by atoms with Gasteiger partial charge in [-0.2, -0.15) is 13.2 Å². The Morgan fingerprint density at radius 1 is 1.09 bits per heavy atom. The van der Waals surface area contributed by atoms with Crippen molar-refractivity contribution in [3.63, 3.8) is 0 Å². The molecule has 5 rings (SSSR count). The van der Waals surface area contributed by atoms with Gasteiger partial charge < -0.3 is 19.5 Å². The first-order valence-electron chi connectivity index (χ1n) is 14.7. The second-order valence-electron chi connectivity index (χ2n) is 12.9. The number of halogens is 4. The minimum Gasteiger partial charge on any atom is -0.481 e. The van der Waals surface area contributed by atoms with Crippen molar-refractivity contribution >= 4 is 28.6 Å². The summed E-state index contributed by atoms with van der Waals surface area (Å²) in [6.07, 6.45) is -2.09. The van der Waals surface area contributed by atoms with Crippen molar-refractivity contribution < 1.29 is 32.5 Å². The third-order valence-corrected chi connectivity index (χ3v) is 8.92. The van der Waals surface area contributed by atoms with E-state index in [2.05, 4.69) is 21.8 Å². The van der Waals surface area contributed by atoms with E-state index in [0.29, 0.717) is 45.4 Å². The number of aliphatic hydroxyl groups is 1. The van der Waals surface area contributed by atoms with Crippen LogP contribution in [0.15, 0.2) is 36.5 Å². The van der Waals surface area contributed by atoms with E-state index in [-0.39, 0.29) is 18.7 Å². The van der Waals surface area contributed by atoms with Gasteiger partial charge >= 0.3 is 12.3 Å². The van der Waals surface area contributed by atoms with Crippen molar-refractivity contribution in [2.45, 2.75) is 64.5 Å². The number of carbonyl (C=O) groups excluding carboxylic acids is 1. The number of pyridine rings is 2. The molecular formula is C32H38ClF3N4O4. The minimum atomic E-state index is -4.71. The largest absolute Gasteiger partial charge is 0.481 e. The van der Waals surface area contributed by atoms with Crippen molar-refractivity contribution in [1.29, 1.82) is 0 Å². The predicted molar refractivity (Wildman–Crippen MR) is 161 cm³/mol. The maximum absolute atomic E-state index is 13.7. The van der Waals surface area contributed by atoms with Gasteiger partial charge in [0.2, 0.25) is 5.88 Å². The van der Waals surface area contributed by atoms with Gasteiger partial charge in [-0.1, -0.05) is 24.6 Å². The second-order valence-corrected chi connectivity index (χ2v) is 13.3. The first-order chi connectivity index (χ1) is 20.6. The number of carbonyl (C=O) groups is 1. The number of nitrogens with zero attached hydrogens (tertiary/aromatic N) is 4. The molecule has 8 nitrogen and oxygen atoms in total. The Balaban J connectivity index is 1.57. The maximum atomic E-state index is 13.7. The van der Waals surface area contributed by atoms with E-state index < -0.39 is 35.1 Å². The quantitative estimate of drug-likeness (QED) is 0.325. The van der Waals surface area contributed by atoms with Crippen LogP contribution >= 0.6 is 11.6 Å². The summed E-state index contributed by atoms with van der Waals surface area (Å²) in [5.74, 6) is 0.415. The van der Waals surface area contributed by atoms with E-state index in [0.717, 1.165) is 38.2 Å². The Bertz CT molecular complexity index is 1530. The molecule has 4 heterocycles. The van der Waals surface area contributed by atoms with Crippen molar-refractivity contribution in [3.05, 3.63) is 63.9 Å². The van der Waals surface area contributed by atoms with Crippen LogP contribution in [0.4, 0.5) is 18.0 Å². The van der Waals surface area contributed by atoms with E-state index in [1.807, 2.05) is 0 Å². The number of hydrogen-bond acceptors (Lipinski definition) is 7. The van der Waals surface area contributed by atoms with Crippen LogP contribution in [0, 0.1) is 11.8 Å². The molecule has 12 heteroatoms. The van der Waals surface area contributed by atoms with Crippen LogP contribution in [0.3, 0.4) is 0 Å². The standard InChI is InChI=1S/C32H38ClF3N4O4/c1-19-9-12-39(13-10-19)18-24-27(33)23-14-20(6-7-25(23)38-28(24)43-5)31(42,21-8-11-37-26(15-21)32(34,35)36)22-16-40(17-22)29(41)44-30(2,3)4/h6-8,11,14-15,19,22,42H,9-10,12-13,16-18H2,1-5H3. The van der Waals surface area contributed by atoms with Crippen molar-refractivity contribution in [2.24, 2.45) is 11.8 Å². The Kier molecular flexibility index (Phi) is 8.78. The van der Waals surface area contributed by atoms with Gasteiger partial charge in [0, 0.05) is 42.7 Å². The monoisotopic (exact) mass is 634 g/mol. The van der Waals surface area contributed by atoms with Crippen LogP contribution in [0.25, 0.3) is 10.9 Å². The van der Waals surface area contributed by atoms with Gasteiger partial charge in [0.25, 0.3) is 0 Å². The second kappa shape index (κ2) is 12.0. The summed E-state index contributed by atoms with van der Waals surface area (Å²) < 4.78 is 52.2. The van der Waals surface area contributed by atoms with Gasteiger partial charge in [0.15, 0.2) is 0 Å². The Hall–Kier alpha value is -3.15. The SMILES string of the molecule is COc1nc2ccc(C(O)(c3ccnc(C(F)(F)F)c3)C3CN(C(=O)OC(C)(C)C)C3)cc2c(Cl)c1CN1CCC(C)CC1. The van der Waals surface area contributed by atoms with Crippen LogP contribution in [0.2, 0.25) is 5.02 Å². The lowest BCUT2D eigenvalue weighted by molar-refractivity contribution is -0.141. The minimum absolute atomic E-state index is 0.00765. The summed E-state index contributed by atoms with van der Waals surface area (Å²) in [7, 11) is 1.54. The number of fused-ring (bicyclic) bond motifs is 1. The molecule has 238 valence electrons. The van der Waals surface area contributed by atoms with E-state index in [9.17, 15) is 23.1 Å². The molecule has 0 saturated carbocycles. The molecule has 0 spiro atoms. The normalized spacial score (nSPS) is 18.6. The van der Waals surface area contributed by atoms with Crippen LogP contribution in [-0.2, 0) is 23.1 Å². The first kappa shape index (κ1) is 32.2. The van der Waals surface area contributed by atoms with Gasteiger partial charge in [-0.05, 0) is 88.0 Å². The molecule has 0 bridgehead atoms. The number of alkyl halides is 3. The molecular weight excluding hydrogens is 597 g/mol. The predicted octanol–water partition coefficient (Wildman–Crippen LogP) is 6.65. The molecule has 1 amide bonds. The van der Waals surface area contributed by atoms with Gasteiger partial charge in [0.1, 0.15) is 16.9 Å². The van der Waals surface area contributed by atoms with Crippen molar-refractivity contribution in [2.75, 3.05) is 33.3 Å². The molecule has 1 unspecified atom stereocenters. The van der Waals surface area contributed by atoms with Gasteiger partial charge in [0.05, 0.1) is 17.6 Å². The van der Waals surface area contributed by atoms with Crippen LogP contribution in [-0.4, -0.2) is 69.9 Å². The smallest absolute Gasteiger partial charge is 0.433 e. The van der Waals surface area contributed by atoms with E-state index in [1.54, 1.807) is 39.0 Å². The molecule has 1 atom stereocenters. The number of benzene rings is 1. The highest BCUT2D eigenvalue weighted by Gasteiger charge is 2.49. The summed E-state index contributed by atoms with van der Waals surface area (Å²) in [5.41, 5.74) is -2.21. The number of aromatic nitrogens is 2. The number of likely N-dealkylation sites (tertiary alicyclic amines) is 2. The molecule has 1 N–H and O–H groups in total. The molecule has 2 saturated heterocycles. The third kappa shape index (κ3) is 6.46. The lowest BCUT2D eigenvalue weighted by Crippen LogP contribution is -2.59. The van der Waals surface area contributed by atoms with Crippen molar-refractivity contribution in [1.82, 2.24) is 19.8 Å². The summed E-state index contributed by atoms with van der Waals surface area (Å²) in [5, 5.41) is 13.4. The number of methoxy groups -OCH3 is 1. The fraction of sp³-hybridized carbons (Fsp3) is 0.531. The first-order valence-corrected chi connectivity index (χ1v) is 15.1. The number of ether oxygens (including phenoxy) is 2. The molecule has 0 radical (unpaired) electrons. The molecule has 0 aliphatic carbocycles. The number of piperidine rings is 1. The van der Waals surface area contributed by atoms with Crippen molar-refractivity contribution in [3.8, 4) is 5.88 Å². The Labute approximate surface area is 260 Å². The average Bonchev–Trinajstić information content (AvgIpc) is 2.93. The molecule has 2 aliphatic rings. The Morgan fingerprint density at radius 3 is 2.36 bits per heavy atom. The zero-order valence-corrected chi connectivity index (χ0v) is 26.3. The third-order valence-electron chi connectivity index (χ3n) is 8.48. The van der Waals surface area contributed by atoms with E-state index in [4.69, 9.17) is 21.1 Å². The molecule has 2 aromatic heterocycles. The molecule has 3 aromatic rings. The van der Waals surface area contributed by atoms with Gasteiger partial charge in [-0.15, -0.1) is 0 Å². The molecule has 2 fully saturated rings. The average molecular weight is 635 g/mol. The van der Waals surface area contributed by atoms with E-state index in [1.165, 1.54) is 18.1 Å². The summed E-state index contributed by atoms with van der Waals surface area (Å²) in [6.45, 7) is 9.97. The van der Waals surface area contributed by atoms with Crippen LogP contribution < -0.4 is 4.74 Å². The fourth-order valence-corrected chi connectivity index (χ4v) is 6.20. The van der Waals surface area contributed by atoms with E-state index >= 15 is 0 Å². The highest BCUT2D eigenvalue weighted by Crippen LogP contribution is 2.45. The Morgan fingerprint density at radius 2 is 1.75 bits per heavy atom. The molecule has 2 aliphatic heterocycles. The maximum Gasteiger partial charge on any atom is 0.433 e. The lowest BCUT2D eigenvalue weighted by Gasteiger charge is -2.48.